The third-order valence-corrected chi connectivity index (χ3v) is 3.89. The predicted molar refractivity (Wildman–Crippen MR) is 86.9 cm³/mol. The monoisotopic (exact) mass is 331 g/mol. The van der Waals surface area contributed by atoms with Gasteiger partial charge in [-0.1, -0.05) is 0 Å². The van der Waals surface area contributed by atoms with Crippen LogP contribution in [-0.4, -0.2) is 46.4 Å². The van der Waals surface area contributed by atoms with E-state index in [4.69, 9.17) is 0 Å². The van der Waals surface area contributed by atoms with E-state index in [1.165, 1.54) is 23.4 Å². The van der Waals surface area contributed by atoms with Crippen LogP contribution in [0.2, 0.25) is 0 Å². The maximum atomic E-state index is 13.2. The highest BCUT2D eigenvalue weighted by molar-refractivity contribution is 6.01. The summed E-state index contributed by atoms with van der Waals surface area (Å²) in [5, 5.41) is 6.49. The molecule has 0 atom stereocenters. The number of fused-ring (bicyclic) bond motifs is 1. The zero-order valence-corrected chi connectivity index (χ0v) is 13.1. The first-order valence-electron chi connectivity index (χ1n) is 7.87. The topological polar surface area (TPSA) is 87.2 Å². The number of amides is 3. The molecular formula is C16H18FN5O2. The number of nitrogens with one attached hydrogen (secondary N) is 2. The van der Waals surface area contributed by atoms with Crippen LogP contribution < -0.4 is 10.6 Å². The van der Waals surface area contributed by atoms with Gasteiger partial charge >= 0.3 is 6.03 Å². The first kappa shape index (κ1) is 16.1. The van der Waals surface area contributed by atoms with Crippen LogP contribution in [0, 0.1) is 5.82 Å². The molecule has 8 heteroatoms. The predicted octanol–water partition coefficient (Wildman–Crippen LogP) is 1.90. The van der Waals surface area contributed by atoms with E-state index < -0.39 is 0 Å². The van der Waals surface area contributed by atoms with E-state index in [9.17, 15) is 14.0 Å². The second-order valence-corrected chi connectivity index (χ2v) is 5.58. The summed E-state index contributed by atoms with van der Waals surface area (Å²) in [5.74, 6) is 0.180. The van der Waals surface area contributed by atoms with Gasteiger partial charge in [-0.15, -0.1) is 0 Å². The van der Waals surface area contributed by atoms with Gasteiger partial charge in [-0.2, -0.15) is 0 Å². The van der Waals surface area contributed by atoms with Crippen LogP contribution in [0.4, 0.5) is 15.0 Å². The molecule has 0 spiro atoms. The second-order valence-electron chi connectivity index (χ2n) is 5.58. The lowest BCUT2D eigenvalue weighted by Gasteiger charge is -2.12. The Balaban J connectivity index is 1.44. The van der Waals surface area contributed by atoms with Crippen molar-refractivity contribution in [3.8, 4) is 0 Å². The van der Waals surface area contributed by atoms with Gasteiger partial charge < -0.3 is 10.6 Å². The Labute approximate surface area is 138 Å². The summed E-state index contributed by atoms with van der Waals surface area (Å²) in [7, 11) is 0. The van der Waals surface area contributed by atoms with Crippen LogP contribution in [0.1, 0.15) is 19.3 Å². The summed E-state index contributed by atoms with van der Waals surface area (Å²) in [4.78, 5) is 32.3. The van der Waals surface area contributed by atoms with Crippen LogP contribution in [-0.2, 0) is 4.79 Å². The number of urea groups is 1. The molecule has 0 unspecified atom stereocenters. The Bertz CT molecular complexity index is 751. The molecule has 2 heterocycles. The quantitative estimate of drug-likeness (QED) is 0.598. The standard InChI is InChI=1S/C16H18FN5O2/c17-11-4-5-12-13(8-11)20-10-21-15(12)18-6-2-1-3-7-22-14(23)9-19-16(22)24/h4-5,8,10H,1-3,6-7,9H2,(H,19,24)(H,18,20,21). The molecule has 0 radical (unpaired) electrons. The van der Waals surface area contributed by atoms with E-state index in [2.05, 4.69) is 20.6 Å². The fourth-order valence-corrected chi connectivity index (χ4v) is 2.63. The highest BCUT2D eigenvalue weighted by atomic mass is 19.1. The SMILES string of the molecule is O=C1CNC(=O)N1CCCCCNc1ncnc2cc(F)ccc12. The normalized spacial score (nSPS) is 14.3. The van der Waals surface area contributed by atoms with E-state index in [-0.39, 0.29) is 24.3 Å². The van der Waals surface area contributed by atoms with Crippen molar-refractivity contribution in [3.05, 3.63) is 30.3 Å². The number of nitrogens with zero attached hydrogens (tertiary/aromatic N) is 3. The van der Waals surface area contributed by atoms with Crippen molar-refractivity contribution < 1.29 is 14.0 Å². The lowest BCUT2D eigenvalue weighted by Crippen LogP contribution is -2.31. The average Bonchev–Trinajstić information content (AvgIpc) is 2.89. The molecule has 24 heavy (non-hydrogen) atoms. The van der Waals surface area contributed by atoms with E-state index in [0.717, 1.165) is 24.6 Å². The third-order valence-electron chi connectivity index (χ3n) is 3.89. The molecule has 1 fully saturated rings. The molecule has 126 valence electrons. The zero-order chi connectivity index (χ0) is 16.9. The smallest absolute Gasteiger partial charge is 0.324 e. The van der Waals surface area contributed by atoms with E-state index in [1.54, 1.807) is 6.07 Å². The summed E-state index contributed by atoms with van der Waals surface area (Å²) in [6.07, 6.45) is 3.91. The number of hydrogen-bond donors (Lipinski definition) is 2. The summed E-state index contributed by atoms with van der Waals surface area (Å²) < 4.78 is 13.2. The summed E-state index contributed by atoms with van der Waals surface area (Å²) >= 11 is 0. The Morgan fingerprint density at radius 1 is 1.21 bits per heavy atom. The Kier molecular flexibility index (Phi) is 4.83. The van der Waals surface area contributed by atoms with Gasteiger partial charge in [0, 0.05) is 24.5 Å². The lowest BCUT2D eigenvalue weighted by atomic mass is 10.2. The number of unbranched alkanes of at least 4 members (excludes halogenated alkanes) is 2. The van der Waals surface area contributed by atoms with Gasteiger partial charge in [0.05, 0.1) is 12.1 Å². The molecule has 1 aliphatic heterocycles. The molecule has 1 saturated heterocycles. The number of carbonyl (C=O) groups is 2. The zero-order valence-electron chi connectivity index (χ0n) is 13.1. The molecule has 2 aromatic rings. The largest absolute Gasteiger partial charge is 0.369 e. The molecule has 3 rings (SSSR count). The van der Waals surface area contributed by atoms with Crippen molar-refractivity contribution >= 4 is 28.7 Å². The maximum Gasteiger partial charge on any atom is 0.324 e. The molecule has 0 saturated carbocycles. The van der Waals surface area contributed by atoms with Crippen molar-refractivity contribution in [1.82, 2.24) is 20.2 Å². The molecule has 1 aliphatic rings. The molecule has 7 nitrogen and oxygen atoms in total. The molecular weight excluding hydrogens is 313 g/mol. The van der Waals surface area contributed by atoms with Crippen LogP contribution in [0.3, 0.4) is 0 Å². The van der Waals surface area contributed by atoms with Gasteiger partial charge in [-0.3, -0.25) is 9.69 Å². The van der Waals surface area contributed by atoms with E-state index >= 15 is 0 Å². The Hall–Kier alpha value is -2.77. The van der Waals surface area contributed by atoms with Gasteiger partial charge in [-0.25, -0.2) is 19.2 Å². The fraction of sp³-hybridized carbons (Fsp3) is 0.375. The molecule has 3 amide bonds. The highest BCUT2D eigenvalue weighted by Crippen LogP contribution is 2.19. The van der Waals surface area contributed by atoms with E-state index in [0.29, 0.717) is 24.4 Å². The average molecular weight is 331 g/mol. The highest BCUT2D eigenvalue weighted by Gasteiger charge is 2.27. The summed E-state index contributed by atoms with van der Waals surface area (Å²) in [5.41, 5.74) is 0.561. The Morgan fingerprint density at radius 3 is 2.88 bits per heavy atom. The number of benzene rings is 1. The van der Waals surface area contributed by atoms with Gasteiger partial charge in [0.25, 0.3) is 0 Å². The lowest BCUT2D eigenvalue weighted by molar-refractivity contribution is -0.125. The van der Waals surface area contributed by atoms with Crippen molar-refractivity contribution in [2.45, 2.75) is 19.3 Å². The van der Waals surface area contributed by atoms with Crippen molar-refractivity contribution in [2.24, 2.45) is 0 Å². The first-order valence-corrected chi connectivity index (χ1v) is 7.87. The van der Waals surface area contributed by atoms with Crippen molar-refractivity contribution in [3.63, 3.8) is 0 Å². The van der Waals surface area contributed by atoms with Gasteiger partial charge in [0.1, 0.15) is 18.0 Å². The number of anilines is 1. The molecule has 0 aliphatic carbocycles. The fourth-order valence-electron chi connectivity index (χ4n) is 2.63. The molecule has 1 aromatic heterocycles. The number of halogens is 1. The van der Waals surface area contributed by atoms with Gasteiger partial charge in [0.2, 0.25) is 5.91 Å². The number of carbonyl (C=O) groups excluding carboxylic acids is 2. The third kappa shape index (κ3) is 3.58. The molecule has 2 N–H and O–H groups in total. The Morgan fingerprint density at radius 2 is 2.08 bits per heavy atom. The number of aromatic nitrogens is 2. The van der Waals surface area contributed by atoms with Crippen LogP contribution in [0.25, 0.3) is 10.9 Å². The van der Waals surface area contributed by atoms with E-state index in [1.807, 2.05) is 0 Å². The number of hydrogen-bond acceptors (Lipinski definition) is 5. The first-order chi connectivity index (χ1) is 11.6. The minimum Gasteiger partial charge on any atom is -0.369 e. The van der Waals surface area contributed by atoms with Crippen LogP contribution in [0.15, 0.2) is 24.5 Å². The molecule has 0 bridgehead atoms. The number of imide groups is 1. The maximum absolute atomic E-state index is 13.2. The van der Waals surface area contributed by atoms with Crippen LogP contribution in [0.5, 0.6) is 0 Å². The van der Waals surface area contributed by atoms with Gasteiger partial charge in [0.15, 0.2) is 0 Å². The van der Waals surface area contributed by atoms with Gasteiger partial charge in [-0.05, 0) is 31.4 Å². The summed E-state index contributed by atoms with van der Waals surface area (Å²) in [6, 6.07) is 4.11. The number of rotatable bonds is 7. The molecule has 1 aromatic carbocycles. The van der Waals surface area contributed by atoms with Crippen molar-refractivity contribution in [1.29, 1.82) is 0 Å². The summed E-state index contributed by atoms with van der Waals surface area (Å²) in [6.45, 7) is 1.24. The van der Waals surface area contributed by atoms with Crippen LogP contribution >= 0.6 is 0 Å². The minimum absolute atomic E-state index is 0.0990. The minimum atomic E-state index is -0.326. The second kappa shape index (κ2) is 7.20. The van der Waals surface area contributed by atoms with Crippen molar-refractivity contribution in [2.75, 3.05) is 25.0 Å².